The molecule has 0 amide bonds. The van der Waals surface area contributed by atoms with Crippen molar-refractivity contribution in [2.45, 2.75) is 0 Å². The summed E-state index contributed by atoms with van der Waals surface area (Å²) in [5.41, 5.74) is 0.812. The first kappa shape index (κ1) is 15.2. The van der Waals surface area contributed by atoms with Crippen LogP contribution in [0.3, 0.4) is 0 Å². The Balaban J connectivity index is 1.93. The molecule has 0 N–H and O–H groups in total. The molecule has 0 aliphatic heterocycles. The second-order valence-corrected chi connectivity index (χ2v) is 4.04. The summed E-state index contributed by atoms with van der Waals surface area (Å²) in [6.45, 7) is 0.481. The van der Waals surface area contributed by atoms with Gasteiger partial charge >= 0.3 is 0 Å². The maximum absolute atomic E-state index is 10.3. The van der Waals surface area contributed by atoms with Gasteiger partial charge in [-0.05, 0) is 24.3 Å². The summed E-state index contributed by atoms with van der Waals surface area (Å²) in [6.07, 6.45) is 2.95. The van der Waals surface area contributed by atoms with Gasteiger partial charge in [-0.15, -0.1) is 0 Å². The number of rotatable bonds is 7. The van der Waals surface area contributed by atoms with Gasteiger partial charge in [0.15, 0.2) is 0 Å². The molecule has 6 nitrogen and oxygen atoms in total. The van der Waals surface area contributed by atoms with Crippen molar-refractivity contribution < 1.29 is 19.1 Å². The Morgan fingerprint density at radius 2 is 1.14 bits per heavy atom. The molecule has 0 spiro atoms. The van der Waals surface area contributed by atoms with E-state index in [0.717, 1.165) is 0 Å². The monoisotopic (exact) mass is 296 g/mol. The van der Waals surface area contributed by atoms with Crippen LogP contribution in [0.15, 0.2) is 58.5 Å². The van der Waals surface area contributed by atoms with Gasteiger partial charge in [-0.1, -0.05) is 24.3 Å². The number of nitrogens with zero attached hydrogens (tertiary/aromatic N) is 2. The van der Waals surface area contributed by atoms with E-state index in [9.17, 15) is 9.59 Å². The Morgan fingerprint density at radius 1 is 0.727 bits per heavy atom. The van der Waals surface area contributed by atoms with Crippen molar-refractivity contribution in [3.8, 4) is 11.5 Å². The molecule has 0 aromatic heterocycles. The molecule has 0 fully saturated rings. The number of benzene rings is 2. The molecule has 2 aromatic carbocycles. The summed E-state index contributed by atoms with van der Waals surface area (Å²) in [6, 6.07) is 13.7. The second-order valence-electron chi connectivity index (χ2n) is 4.04. The van der Waals surface area contributed by atoms with Gasteiger partial charge in [0.05, 0.1) is 0 Å². The lowest BCUT2D eigenvalue weighted by Gasteiger charge is -2.10. The molecule has 0 heterocycles. The number of carbonyl (C=O) groups excluding carboxylic acids is 2. The predicted octanol–water partition coefficient (Wildman–Crippen LogP) is 3.08. The van der Waals surface area contributed by atoms with Gasteiger partial charge in [-0.2, -0.15) is 9.98 Å². The SMILES string of the molecule is O=C=Nc1ccccc1OCCOc1ccccc1N=C=O. The molecule has 0 aliphatic rings. The molecule has 0 aliphatic carbocycles. The van der Waals surface area contributed by atoms with Crippen molar-refractivity contribution in [2.75, 3.05) is 13.2 Å². The zero-order valence-electron chi connectivity index (χ0n) is 11.6. The number of ether oxygens (including phenoxy) is 2. The van der Waals surface area contributed by atoms with Crippen LogP contribution in [0.25, 0.3) is 0 Å². The number of para-hydroxylation sites is 4. The maximum atomic E-state index is 10.3. The third-order valence-electron chi connectivity index (χ3n) is 2.66. The number of aliphatic imine (C=N–C) groups is 2. The molecule has 2 aromatic rings. The summed E-state index contributed by atoms with van der Waals surface area (Å²) >= 11 is 0. The third-order valence-corrected chi connectivity index (χ3v) is 2.66. The second kappa shape index (κ2) is 8.17. The standard InChI is InChI=1S/C16H12N2O4/c19-11-17-13-5-1-3-7-15(13)21-9-10-22-16-8-4-2-6-14(16)18-12-20/h1-8H,9-10H2. The molecule has 0 unspecified atom stereocenters. The number of hydrogen-bond donors (Lipinski definition) is 0. The van der Waals surface area contributed by atoms with Gasteiger partial charge in [-0.25, -0.2) is 9.59 Å². The number of hydrogen-bond acceptors (Lipinski definition) is 6. The van der Waals surface area contributed by atoms with Crippen LogP contribution >= 0.6 is 0 Å². The minimum absolute atomic E-state index is 0.241. The highest BCUT2D eigenvalue weighted by Crippen LogP contribution is 2.27. The zero-order chi connectivity index (χ0) is 15.6. The van der Waals surface area contributed by atoms with Gasteiger partial charge in [0, 0.05) is 0 Å². The summed E-state index contributed by atoms with van der Waals surface area (Å²) in [5.74, 6) is 0.933. The van der Waals surface area contributed by atoms with Gasteiger partial charge in [0.2, 0.25) is 12.2 Å². The predicted molar refractivity (Wildman–Crippen MR) is 79.4 cm³/mol. The molecule has 0 atom stereocenters. The van der Waals surface area contributed by atoms with E-state index >= 15 is 0 Å². The lowest BCUT2D eigenvalue weighted by molar-refractivity contribution is 0.218. The first-order valence-electron chi connectivity index (χ1n) is 6.44. The molecule has 0 radical (unpaired) electrons. The first-order valence-corrected chi connectivity index (χ1v) is 6.44. The molecule has 22 heavy (non-hydrogen) atoms. The zero-order valence-corrected chi connectivity index (χ0v) is 11.6. The van der Waals surface area contributed by atoms with Gasteiger partial charge in [0.25, 0.3) is 0 Å². The van der Waals surface area contributed by atoms with E-state index in [4.69, 9.17) is 9.47 Å². The summed E-state index contributed by atoms with van der Waals surface area (Å²) in [7, 11) is 0. The summed E-state index contributed by atoms with van der Waals surface area (Å²) < 4.78 is 11.0. The van der Waals surface area contributed by atoms with Crippen LogP contribution in [-0.2, 0) is 9.59 Å². The molecule has 6 heteroatoms. The van der Waals surface area contributed by atoms with Gasteiger partial charge in [0.1, 0.15) is 36.1 Å². The fourth-order valence-corrected chi connectivity index (χ4v) is 1.74. The Labute approximate surface area is 126 Å². The smallest absolute Gasteiger partial charge is 0.240 e. The molecule has 110 valence electrons. The van der Waals surface area contributed by atoms with Crippen molar-refractivity contribution in [1.82, 2.24) is 0 Å². The van der Waals surface area contributed by atoms with E-state index in [-0.39, 0.29) is 13.2 Å². The lowest BCUT2D eigenvalue weighted by atomic mass is 10.3. The van der Waals surface area contributed by atoms with Crippen molar-refractivity contribution in [2.24, 2.45) is 9.98 Å². The van der Waals surface area contributed by atoms with Gasteiger partial charge < -0.3 is 9.47 Å². The summed E-state index contributed by atoms with van der Waals surface area (Å²) in [5, 5.41) is 0. The van der Waals surface area contributed by atoms with E-state index in [1.807, 2.05) is 0 Å². The molecular formula is C16H12N2O4. The molecular weight excluding hydrogens is 284 g/mol. The molecule has 2 rings (SSSR count). The van der Waals surface area contributed by atoms with E-state index in [1.54, 1.807) is 48.5 Å². The lowest BCUT2D eigenvalue weighted by Crippen LogP contribution is -2.09. The summed E-state index contributed by atoms with van der Waals surface area (Å²) in [4.78, 5) is 27.8. The normalized spacial score (nSPS) is 9.27. The Morgan fingerprint density at radius 3 is 1.55 bits per heavy atom. The maximum Gasteiger partial charge on any atom is 0.240 e. The van der Waals surface area contributed by atoms with Crippen LogP contribution < -0.4 is 9.47 Å². The minimum atomic E-state index is 0.241. The fraction of sp³-hybridized carbons (Fsp3) is 0.125. The van der Waals surface area contributed by atoms with Crippen LogP contribution in [0.2, 0.25) is 0 Å². The molecule has 0 saturated heterocycles. The van der Waals surface area contributed by atoms with Crippen molar-refractivity contribution >= 4 is 23.5 Å². The van der Waals surface area contributed by atoms with Crippen molar-refractivity contribution in [1.29, 1.82) is 0 Å². The van der Waals surface area contributed by atoms with Gasteiger partial charge in [-0.3, -0.25) is 0 Å². The largest absolute Gasteiger partial charge is 0.488 e. The van der Waals surface area contributed by atoms with E-state index in [2.05, 4.69) is 9.98 Å². The average molecular weight is 296 g/mol. The van der Waals surface area contributed by atoms with E-state index in [1.165, 1.54) is 12.2 Å². The highest BCUT2D eigenvalue weighted by Gasteiger charge is 2.03. The highest BCUT2D eigenvalue weighted by atomic mass is 16.5. The average Bonchev–Trinajstić information content (AvgIpc) is 2.55. The van der Waals surface area contributed by atoms with E-state index < -0.39 is 0 Å². The Kier molecular flexibility index (Phi) is 5.64. The Hall–Kier alpha value is -3.20. The minimum Gasteiger partial charge on any atom is -0.488 e. The van der Waals surface area contributed by atoms with Crippen LogP contribution in [0.5, 0.6) is 11.5 Å². The third kappa shape index (κ3) is 4.15. The van der Waals surface area contributed by atoms with Crippen LogP contribution in [0.4, 0.5) is 11.4 Å². The highest BCUT2D eigenvalue weighted by molar-refractivity contribution is 5.58. The quantitative estimate of drug-likeness (QED) is 0.447. The Bertz CT molecular complexity index is 669. The number of isocyanates is 2. The molecule has 0 saturated carbocycles. The van der Waals surface area contributed by atoms with Crippen molar-refractivity contribution in [3.63, 3.8) is 0 Å². The van der Waals surface area contributed by atoms with Crippen molar-refractivity contribution in [3.05, 3.63) is 48.5 Å². The topological polar surface area (TPSA) is 77.3 Å². The molecule has 0 bridgehead atoms. The van der Waals surface area contributed by atoms with E-state index in [0.29, 0.717) is 22.9 Å². The van der Waals surface area contributed by atoms with Crippen LogP contribution in [0, 0.1) is 0 Å². The first-order chi connectivity index (χ1) is 10.8. The van der Waals surface area contributed by atoms with Crippen LogP contribution in [0.1, 0.15) is 0 Å². The fourth-order valence-electron chi connectivity index (χ4n) is 1.74. The van der Waals surface area contributed by atoms with Crippen LogP contribution in [-0.4, -0.2) is 25.4 Å².